The van der Waals surface area contributed by atoms with Crippen molar-refractivity contribution in [2.24, 2.45) is 0 Å². The number of rotatable bonds is 2. The fourth-order valence-electron chi connectivity index (χ4n) is 1.66. The molecule has 1 unspecified atom stereocenters. The lowest BCUT2D eigenvalue weighted by Crippen LogP contribution is -1.91. The van der Waals surface area contributed by atoms with Crippen LogP contribution >= 0.6 is 11.6 Å². The predicted octanol–water partition coefficient (Wildman–Crippen LogP) is 4.40. The molecule has 78 valence electrons. The Morgan fingerprint density at radius 2 is 2.07 bits per heavy atom. The molecular formula is C13H14ClN. The van der Waals surface area contributed by atoms with Crippen LogP contribution in [0.1, 0.15) is 31.7 Å². The summed E-state index contributed by atoms with van der Waals surface area (Å²) in [5, 5.41) is 1.72. The third-order valence-electron chi connectivity index (χ3n) is 2.86. The highest BCUT2D eigenvalue weighted by atomic mass is 35.5. The molecule has 0 radical (unpaired) electrons. The molecule has 2 heteroatoms. The van der Waals surface area contributed by atoms with Crippen LogP contribution in [0.3, 0.4) is 0 Å². The van der Waals surface area contributed by atoms with Crippen LogP contribution in [0.25, 0.3) is 10.9 Å². The van der Waals surface area contributed by atoms with E-state index in [-0.39, 0.29) is 0 Å². The van der Waals surface area contributed by atoms with Gasteiger partial charge in [-0.1, -0.05) is 31.5 Å². The van der Waals surface area contributed by atoms with Gasteiger partial charge in [-0.25, -0.2) is 4.98 Å². The number of hydrogen-bond acceptors (Lipinski definition) is 1. The van der Waals surface area contributed by atoms with E-state index in [4.69, 9.17) is 11.6 Å². The number of hydrogen-bond donors (Lipinski definition) is 0. The highest BCUT2D eigenvalue weighted by molar-refractivity contribution is 6.29. The van der Waals surface area contributed by atoms with Gasteiger partial charge in [-0.15, -0.1) is 0 Å². The normalized spacial score (nSPS) is 13.0. The summed E-state index contributed by atoms with van der Waals surface area (Å²) in [5.41, 5.74) is 2.34. The Kier molecular flexibility index (Phi) is 2.92. The quantitative estimate of drug-likeness (QED) is 0.683. The van der Waals surface area contributed by atoms with Crippen LogP contribution in [0.15, 0.2) is 30.3 Å². The maximum absolute atomic E-state index is 5.84. The molecule has 0 fully saturated rings. The van der Waals surface area contributed by atoms with E-state index in [0.29, 0.717) is 11.1 Å². The minimum atomic E-state index is 0.554. The Morgan fingerprint density at radius 1 is 1.27 bits per heavy atom. The molecule has 1 aromatic carbocycles. The third-order valence-corrected chi connectivity index (χ3v) is 3.07. The summed E-state index contributed by atoms with van der Waals surface area (Å²) in [4.78, 5) is 4.27. The van der Waals surface area contributed by atoms with E-state index in [2.05, 4.69) is 31.0 Å². The molecule has 0 spiro atoms. The summed E-state index contributed by atoms with van der Waals surface area (Å²) in [6.45, 7) is 4.44. The summed E-state index contributed by atoms with van der Waals surface area (Å²) in [5.74, 6) is 0.602. The Hall–Kier alpha value is -1.08. The molecule has 1 nitrogen and oxygen atoms in total. The number of halogens is 1. The van der Waals surface area contributed by atoms with Gasteiger partial charge in [0.25, 0.3) is 0 Å². The minimum Gasteiger partial charge on any atom is -0.236 e. The molecule has 2 rings (SSSR count). The van der Waals surface area contributed by atoms with Gasteiger partial charge in [0.05, 0.1) is 5.52 Å². The Balaban J connectivity index is 2.52. The van der Waals surface area contributed by atoms with Crippen LogP contribution in [0, 0.1) is 0 Å². The van der Waals surface area contributed by atoms with Gasteiger partial charge in [-0.2, -0.15) is 0 Å². The Morgan fingerprint density at radius 3 is 2.80 bits per heavy atom. The van der Waals surface area contributed by atoms with E-state index < -0.39 is 0 Å². The van der Waals surface area contributed by atoms with Gasteiger partial charge in [-0.3, -0.25) is 0 Å². The Labute approximate surface area is 95.1 Å². The average Bonchev–Trinajstić information content (AvgIpc) is 2.27. The topological polar surface area (TPSA) is 12.9 Å². The molecule has 0 bridgehead atoms. The van der Waals surface area contributed by atoms with Gasteiger partial charge in [0.1, 0.15) is 5.15 Å². The van der Waals surface area contributed by atoms with Crippen LogP contribution in [0.4, 0.5) is 0 Å². The summed E-state index contributed by atoms with van der Waals surface area (Å²) >= 11 is 5.84. The van der Waals surface area contributed by atoms with Crippen molar-refractivity contribution in [3.63, 3.8) is 0 Å². The molecule has 0 amide bonds. The molecular weight excluding hydrogens is 206 g/mol. The number of pyridine rings is 1. The fourth-order valence-corrected chi connectivity index (χ4v) is 1.82. The van der Waals surface area contributed by atoms with Gasteiger partial charge >= 0.3 is 0 Å². The zero-order valence-corrected chi connectivity index (χ0v) is 9.75. The second-order valence-corrected chi connectivity index (χ2v) is 4.28. The van der Waals surface area contributed by atoms with E-state index >= 15 is 0 Å². The molecule has 0 aliphatic rings. The standard InChI is InChI=1S/C13H14ClN/c1-3-9(2)10-4-6-12-11(8-10)5-7-13(14)15-12/h4-9H,3H2,1-2H3. The molecule has 0 aliphatic carbocycles. The second kappa shape index (κ2) is 4.19. The minimum absolute atomic E-state index is 0.554. The van der Waals surface area contributed by atoms with Crippen molar-refractivity contribution in [1.82, 2.24) is 4.98 Å². The van der Waals surface area contributed by atoms with Crippen molar-refractivity contribution in [2.45, 2.75) is 26.2 Å². The summed E-state index contributed by atoms with van der Waals surface area (Å²) in [7, 11) is 0. The molecule has 0 saturated carbocycles. The van der Waals surface area contributed by atoms with E-state index in [1.54, 1.807) is 0 Å². The predicted molar refractivity (Wildman–Crippen MR) is 65.5 cm³/mol. The van der Waals surface area contributed by atoms with E-state index in [9.17, 15) is 0 Å². The van der Waals surface area contributed by atoms with Crippen LogP contribution in [0.2, 0.25) is 5.15 Å². The zero-order valence-electron chi connectivity index (χ0n) is 9.00. The van der Waals surface area contributed by atoms with Crippen molar-refractivity contribution in [1.29, 1.82) is 0 Å². The molecule has 0 N–H and O–H groups in total. The molecule has 15 heavy (non-hydrogen) atoms. The second-order valence-electron chi connectivity index (χ2n) is 3.90. The molecule has 1 heterocycles. The van der Waals surface area contributed by atoms with E-state index in [0.717, 1.165) is 17.3 Å². The van der Waals surface area contributed by atoms with Crippen LogP contribution in [-0.2, 0) is 0 Å². The molecule has 0 aliphatic heterocycles. The smallest absolute Gasteiger partial charge is 0.129 e. The van der Waals surface area contributed by atoms with E-state index in [1.165, 1.54) is 5.56 Å². The highest BCUT2D eigenvalue weighted by Gasteiger charge is 2.04. The van der Waals surface area contributed by atoms with Crippen molar-refractivity contribution in [3.05, 3.63) is 41.0 Å². The maximum Gasteiger partial charge on any atom is 0.129 e. The molecule has 1 atom stereocenters. The van der Waals surface area contributed by atoms with Gasteiger partial charge in [0, 0.05) is 5.39 Å². The molecule has 2 aromatic rings. The zero-order chi connectivity index (χ0) is 10.8. The van der Waals surface area contributed by atoms with Crippen molar-refractivity contribution >= 4 is 22.5 Å². The van der Waals surface area contributed by atoms with Crippen molar-refractivity contribution in [2.75, 3.05) is 0 Å². The summed E-state index contributed by atoms with van der Waals surface area (Å²) < 4.78 is 0. The maximum atomic E-state index is 5.84. The number of benzene rings is 1. The van der Waals surface area contributed by atoms with Gasteiger partial charge < -0.3 is 0 Å². The SMILES string of the molecule is CCC(C)c1ccc2nc(Cl)ccc2c1. The van der Waals surface area contributed by atoms with Crippen LogP contribution < -0.4 is 0 Å². The van der Waals surface area contributed by atoms with Gasteiger partial charge in [-0.05, 0) is 42.2 Å². The van der Waals surface area contributed by atoms with Crippen molar-refractivity contribution < 1.29 is 0 Å². The number of aromatic nitrogens is 1. The molecule has 1 aromatic heterocycles. The summed E-state index contributed by atoms with van der Waals surface area (Å²) in [6, 6.07) is 10.2. The van der Waals surface area contributed by atoms with Crippen LogP contribution in [-0.4, -0.2) is 4.98 Å². The van der Waals surface area contributed by atoms with Crippen LogP contribution in [0.5, 0.6) is 0 Å². The van der Waals surface area contributed by atoms with Gasteiger partial charge in [0.15, 0.2) is 0 Å². The highest BCUT2D eigenvalue weighted by Crippen LogP contribution is 2.23. The summed E-state index contributed by atoms with van der Waals surface area (Å²) in [6.07, 6.45) is 1.16. The van der Waals surface area contributed by atoms with Gasteiger partial charge in [0.2, 0.25) is 0 Å². The lowest BCUT2D eigenvalue weighted by atomic mass is 9.97. The van der Waals surface area contributed by atoms with E-state index in [1.807, 2.05) is 18.2 Å². The fraction of sp³-hybridized carbons (Fsp3) is 0.308. The first-order valence-electron chi connectivity index (χ1n) is 5.27. The first-order valence-corrected chi connectivity index (χ1v) is 5.64. The number of fused-ring (bicyclic) bond motifs is 1. The first-order chi connectivity index (χ1) is 7.20. The average molecular weight is 220 g/mol. The largest absolute Gasteiger partial charge is 0.236 e. The van der Waals surface area contributed by atoms with Crippen molar-refractivity contribution in [3.8, 4) is 0 Å². The lowest BCUT2D eigenvalue weighted by molar-refractivity contribution is 0.734. The Bertz CT molecular complexity index is 479. The third kappa shape index (κ3) is 2.13. The first kappa shape index (κ1) is 10.4. The number of nitrogens with zero attached hydrogens (tertiary/aromatic N) is 1. The monoisotopic (exact) mass is 219 g/mol. The molecule has 0 saturated heterocycles. The lowest BCUT2D eigenvalue weighted by Gasteiger charge is -2.09.